The monoisotopic (exact) mass is 204 g/mol. The number of ether oxygens (including phenoxy) is 1. The Morgan fingerprint density at radius 2 is 2.13 bits per heavy atom. The van der Waals surface area contributed by atoms with Crippen LogP contribution in [0.4, 0.5) is 0 Å². The Kier molecular flexibility index (Phi) is 3.68. The lowest BCUT2D eigenvalue weighted by Gasteiger charge is -2.04. The first-order valence-electron chi connectivity index (χ1n) is 4.39. The fraction of sp³-hybridized carbons (Fsp3) is 0.0833. The minimum atomic E-state index is -1.00. The lowest BCUT2D eigenvalue weighted by atomic mass is 10.1. The molecule has 1 aromatic carbocycles. The molecule has 0 aliphatic heterocycles. The summed E-state index contributed by atoms with van der Waals surface area (Å²) in [6, 6.07) is 7.20. The molecule has 0 saturated carbocycles. The summed E-state index contributed by atoms with van der Waals surface area (Å²) in [7, 11) is 1.54. The Morgan fingerprint density at radius 3 is 2.67 bits per heavy atom. The molecule has 78 valence electrons. The second-order valence-corrected chi connectivity index (χ2v) is 2.85. The zero-order chi connectivity index (χ0) is 11.3. The molecule has 0 amide bonds. The van der Waals surface area contributed by atoms with Crippen LogP contribution in [0, 0.1) is 0 Å². The van der Waals surface area contributed by atoms with E-state index in [9.17, 15) is 4.79 Å². The number of carboxylic acids is 1. The van der Waals surface area contributed by atoms with E-state index in [0.29, 0.717) is 5.75 Å². The molecule has 0 radical (unpaired) electrons. The van der Waals surface area contributed by atoms with E-state index < -0.39 is 5.97 Å². The van der Waals surface area contributed by atoms with Gasteiger partial charge in [0.05, 0.1) is 12.7 Å². The molecule has 0 aromatic heterocycles. The molecule has 0 atom stereocenters. The molecular weight excluding hydrogens is 192 g/mol. The van der Waals surface area contributed by atoms with Crippen molar-refractivity contribution in [2.24, 2.45) is 0 Å². The molecule has 1 aromatic rings. The predicted molar refractivity (Wildman–Crippen MR) is 58.8 cm³/mol. The van der Waals surface area contributed by atoms with Gasteiger partial charge in [-0.1, -0.05) is 30.9 Å². The van der Waals surface area contributed by atoms with Crippen LogP contribution in [0.25, 0.3) is 6.08 Å². The van der Waals surface area contributed by atoms with Gasteiger partial charge in [0.2, 0.25) is 0 Å². The largest absolute Gasteiger partial charge is 0.496 e. The second-order valence-electron chi connectivity index (χ2n) is 2.85. The number of rotatable bonds is 4. The number of carbonyl (C=O) groups is 1. The van der Waals surface area contributed by atoms with Gasteiger partial charge < -0.3 is 9.84 Å². The fourth-order valence-corrected chi connectivity index (χ4v) is 1.16. The molecule has 15 heavy (non-hydrogen) atoms. The lowest BCUT2D eigenvalue weighted by Crippen LogP contribution is -1.97. The Morgan fingerprint density at radius 1 is 1.47 bits per heavy atom. The van der Waals surface area contributed by atoms with Crippen molar-refractivity contribution >= 4 is 12.0 Å². The van der Waals surface area contributed by atoms with Gasteiger partial charge in [-0.25, -0.2) is 4.79 Å². The fourth-order valence-electron chi connectivity index (χ4n) is 1.16. The summed E-state index contributed by atoms with van der Waals surface area (Å²) >= 11 is 0. The van der Waals surface area contributed by atoms with Crippen LogP contribution in [-0.2, 0) is 4.79 Å². The average Bonchev–Trinajstić information content (AvgIpc) is 2.25. The Balaban J connectivity index is 3.16. The van der Waals surface area contributed by atoms with Crippen LogP contribution < -0.4 is 4.74 Å². The van der Waals surface area contributed by atoms with Gasteiger partial charge in [0.1, 0.15) is 5.75 Å². The van der Waals surface area contributed by atoms with Crippen LogP contribution in [0.1, 0.15) is 5.56 Å². The molecular formula is C12H12O3. The summed E-state index contributed by atoms with van der Waals surface area (Å²) in [6.45, 7) is 3.44. The highest BCUT2D eigenvalue weighted by molar-refractivity contribution is 5.95. The summed E-state index contributed by atoms with van der Waals surface area (Å²) in [6.07, 6.45) is 2.82. The van der Waals surface area contributed by atoms with Crippen LogP contribution in [0.3, 0.4) is 0 Å². The number of carboxylic acid groups (broad SMARTS) is 1. The van der Waals surface area contributed by atoms with E-state index in [0.717, 1.165) is 5.56 Å². The van der Waals surface area contributed by atoms with Crippen LogP contribution in [0.5, 0.6) is 5.75 Å². The van der Waals surface area contributed by atoms with Crippen molar-refractivity contribution in [3.05, 3.63) is 48.1 Å². The van der Waals surface area contributed by atoms with E-state index >= 15 is 0 Å². The third kappa shape index (κ3) is 2.71. The molecule has 0 aliphatic carbocycles. The van der Waals surface area contributed by atoms with Crippen molar-refractivity contribution in [2.45, 2.75) is 0 Å². The molecule has 0 bridgehead atoms. The minimum absolute atomic E-state index is 0.138. The summed E-state index contributed by atoms with van der Waals surface area (Å²) in [4.78, 5) is 10.8. The highest BCUT2D eigenvalue weighted by atomic mass is 16.5. The highest BCUT2D eigenvalue weighted by Crippen LogP contribution is 2.20. The normalized spacial score (nSPS) is 10.9. The number of para-hydroxylation sites is 1. The third-order valence-corrected chi connectivity index (χ3v) is 1.92. The standard InChI is InChI=1S/C12H12O3/c1-3-9(12(13)14)8-10-6-4-5-7-11(10)15-2/h3-8H,1H2,2H3,(H,13,14). The van der Waals surface area contributed by atoms with Crippen molar-refractivity contribution in [3.8, 4) is 5.75 Å². The molecule has 0 fully saturated rings. The highest BCUT2D eigenvalue weighted by Gasteiger charge is 2.04. The zero-order valence-electron chi connectivity index (χ0n) is 8.43. The van der Waals surface area contributed by atoms with E-state index in [1.807, 2.05) is 12.1 Å². The van der Waals surface area contributed by atoms with Gasteiger partial charge in [-0.15, -0.1) is 0 Å². The Hall–Kier alpha value is -2.03. The first kappa shape index (κ1) is 11.0. The lowest BCUT2D eigenvalue weighted by molar-refractivity contribution is -0.132. The summed E-state index contributed by atoms with van der Waals surface area (Å²) in [5, 5.41) is 8.82. The maximum Gasteiger partial charge on any atom is 0.335 e. The zero-order valence-corrected chi connectivity index (χ0v) is 8.43. The topological polar surface area (TPSA) is 46.5 Å². The second kappa shape index (κ2) is 5.00. The summed E-state index contributed by atoms with van der Waals surface area (Å²) in [5.41, 5.74) is 0.858. The molecule has 1 N–H and O–H groups in total. The van der Waals surface area contributed by atoms with Gasteiger partial charge in [0, 0.05) is 5.56 Å². The number of aliphatic carboxylic acids is 1. The number of benzene rings is 1. The van der Waals surface area contributed by atoms with E-state index in [2.05, 4.69) is 6.58 Å². The van der Waals surface area contributed by atoms with Crippen molar-refractivity contribution < 1.29 is 14.6 Å². The first-order valence-corrected chi connectivity index (χ1v) is 4.39. The molecule has 0 aliphatic rings. The average molecular weight is 204 g/mol. The van der Waals surface area contributed by atoms with Gasteiger partial charge in [0.25, 0.3) is 0 Å². The van der Waals surface area contributed by atoms with Gasteiger partial charge in [0.15, 0.2) is 0 Å². The van der Waals surface area contributed by atoms with Crippen molar-refractivity contribution in [1.29, 1.82) is 0 Å². The minimum Gasteiger partial charge on any atom is -0.496 e. The van der Waals surface area contributed by atoms with Crippen LogP contribution >= 0.6 is 0 Å². The third-order valence-electron chi connectivity index (χ3n) is 1.92. The van der Waals surface area contributed by atoms with Crippen LogP contribution in [0.2, 0.25) is 0 Å². The van der Waals surface area contributed by atoms with E-state index in [4.69, 9.17) is 9.84 Å². The molecule has 3 heteroatoms. The summed E-state index contributed by atoms with van der Waals surface area (Å²) < 4.78 is 5.10. The molecule has 0 unspecified atom stereocenters. The van der Waals surface area contributed by atoms with Gasteiger partial charge in [-0.05, 0) is 12.1 Å². The Labute approximate surface area is 88.3 Å². The van der Waals surface area contributed by atoms with Crippen molar-refractivity contribution in [2.75, 3.05) is 7.11 Å². The predicted octanol–water partition coefficient (Wildman–Crippen LogP) is 2.35. The summed E-state index contributed by atoms with van der Waals surface area (Å²) in [5.74, 6) is -0.367. The first-order chi connectivity index (χ1) is 7.19. The number of hydrogen-bond donors (Lipinski definition) is 1. The van der Waals surface area contributed by atoms with E-state index in [1.54, 1.807) is 19.2 Å². The molecule has 3 nitrogen and oxygen atoms in total. The molecule has 0 saturated heterocycles. The quantitative estimate of drug-likeness (QED) is 0.605. The van der Waals surface area contributed by atoms with Crippen molar-refractivity contribution in [1.82, 2.24) is 0 Å². The Bertz CT molecular complexity index is 405. The maximum atomic E-state index is 10.8. The smallest absolute Gasteiger partial charge is 0.335 e. The van der Waals surface area contributed by atoms with Gasteiger partial charge in [-0.3, -0.25) is 0 Å². The van der Waals surface area contributed by atoms with E-state index in [1.165, 1.54) is 12.2 Å². The van der Waals surface area contributed by atoms with Crippen molar-refractivity contribution in [3.63, 3.8) is 0 Å². The SMILES string of the molecule is C=CC(=Cc1ccccc1OC)C(=O)O. The van der Waals surface area contributed by atoms with Crippen LogP contribution in [0.15, 0.2) is 42.5 Å². The molecule has 0 spiro atoms. The van der Waals surface area contributed by atoms with Crippen LogP contribution in [-0.4, -0.2) is 18.2 Å². The molecule has 0 heterocycles. The van der Waals surface area contributed by atoms with E-state index in [-0.39, 0.29) is 5.57 Å². The van der Waals surface area contributed by atoms with Gasteiger partial charge >= 0.3 is 5.97 Å². The maximum absolute atomic E-state index is 10.8. The number of methoxy groups -OCH3 is 1. The molecule has 1 rings (SSSR count). The van der Waals surface area contributed by atoms with Gasteiger partial charge in [-0.2, -0.15) is 0 Å². The number of hydrogen-bond acceptors (Lipinski definition) is 2.